The average molecular weight is 661 g/mol. The molecule has 11 heteroatoms. The highest BCUT2D eigenvalue weighted by Crippen LogP contribution is 2.33. The van der Waals surface area contributed by atoms with Gasteiger partial charge in [-0.3, -0.25) is 14.5 Å². The van der Waals surface area contributed by atoms with E-state index < -0.39 is 0 Å². The number of ether oxygens (including phenoxy) is 1. The first-order valence-electron chi connectivity index (χ1n) is 16.7. The minimum absolute atomic E-state index is 0.0528. The molecular weight excluding hydrogens is 616 g/mol. The van der Waals surface area contributed by atoms with E-state index in [0.29, 0.717) is 54.9 Å². The SMILES string of the molecule is CC(=O)N1CCC(OC(=O)N(CCCN2CC3CN(C(=O)c4cnn(-c5ccc(C)cc5)c4C)CC3C2)c2ccc(C)c(Cl)c2)CC1. The van der Waals surface area contributed by atoms with Crippen LogP contribution in [0.4, 0.5) is 10.5 Å². The number of likely N-dealkylation sites (tertiary alicyclic amines) is 3. The summed E-state index contributed by atoms with van der Waals surface area (Å²) in [5, 5.41) is 5.14. The van der Waals surface area contributed by atoms with Gasteiger partial charge >= 0.3 is 6.09 Å². The topological polar surface area (TPSA) is 91.2 Å². The van der Waals surface area contributed by atoms with Crippen molar-refractivity contribution in [3.05, 3.63) is 76.1 Å². The predicted octanol–water partition coefficient (Wildman–Crippen LogP) is 5.50. The number of rotatable bonds is 8. The molecule has 0 aliphatic carbocycles. The molecule has 2 atom stereocenters. The molecule has 0 radical (unpaired) electrons. The second kappa shape index (κ2) is 14.1. The molecule has 0 saturated carbocycles. The highest BCUT2D eigenvalue weighted by molar-refractivity contribution is 6.31. The maximum absolute atomic E-state index is 13.5. The molecule has 3 amide bonds. The van der Waals surface area contributed by atoms with Crippen LogP contribution in [0.3, 0.4) is 0 Å². The Bertz CT molecular complexity index is 1600. The Morgan fingerprint density at radius 3 is 2.26 bits per heavy atom. The fourth-order valence-corrected chi connectivity index (χ4v) is 7.37. The lowest BCUT2D eigenvalue weighted by Crippen LogP contribution is -2.43. The smallest absolute Gasteiger partial charge is 0.414 e. The molecule has 2 aromatic carbocycles. The van der Waals surface area contributed by atoms with E-state index in [0.717, 1.165) is 61.8 Å². The molecule has 250 valence electrons. The summed E-state index contributed by atoms with van der Waals surface area (Å²) in [5.74, 6) is 0.977. The molecule has 3 saturated heterocycles. The predicted molar refractivity (Wildman–Crippen MR) is 182 cm³/mol. The van der Waals surface area contributed by atoms with E-state index in [4.69, 9.17) is 16.3 Å². The zero-order valence-corrected chi connectivity index (χ0v) is 28.6. The zero-order chi connectivity index (χ0) is 33.2. The first-order chi connectivity index (χ1) is 22.6. The van der Waals surface area contributed by atoms with Gasteiger partial charge in [0.15, 0.2) is 0 Å². The number of carbonyl (C=O) groups is 3. The minimum atomic E-state index is -0.375. The summed E-state index contributed by atoms with van der Waals surface area (Å²) in [6.07, 6.45) is 3.16. The molecule has 4 heterocycles. The molecular formula is C36H45ClN6O4. The van der Waals surface area contributed by atoms with E-state index in [2.05, 4.69) is 29.1 Å². The van der Waals surface area contributed by atoms with Gasteiger partial charge in [-0.05, 0) is 75.4 Å². The molecule has 3 aliphatic heterocycles. The van der Waals surface area contributed by atoms with Crippen molar-refractivity contribution < 1.29 is 19.1 Å². The van der Waals surface area contributed by atoms with Crippen LogP contribution in [0.25, 0.3) is 5.69 Å². The maximum Gasteiger partial charge on any atom is 0.414 e. The lowest BCUT2D eigenvalue weighted by molar-refractivity contribution is -0.130. The van der Waals surface area contributed by atoms with Crippen LogP contribution in [0.15, 0.2) is 48.7 Å². The van der Waals surface area contributed by atoms with Gasteiger partial charge in [0.1, 0.15) is 6.10 Å². The van der Waals surface area contributed by atoms with E-state index in [1.165, 1.54) is 5.56 Å². The second-order valence-corrected chi connectivity index (χ2v) is 13.8. The van der Waals surface area contributed by atoms with Crippen molar-refractivity contribution in [2.75, 3.05) is 57.3 Å². The van der Waals surface area contributed by atoms with Crippen LogP contribution in [-0.2, 0) is 9.53 Å². The van der Waals surface area contributed by atoms with Crippen LogP contribution in [0, 0.1) is 32.6 Å². The monoisotopic (exact) mass is 660 g/mol. The van der Waals surface area contributed by atoms with Gasteiger partial charge in [-0.25, -0.2) is 9.48 Å². The number of benzene rings is 2. The van der Waals surface area contributed by atoms with Crippen LogP contribution in [0.1, 0.15) is 53.4 Å². The summed E-state index contributed by atoms with van der Waals surface area (Å²) in [4.78, 5) is 46.7. The van der Waals surface area contributed by atoms with Crippen LogP contribution in [0.2, 0.25) is 5.02 Å². The Labute approximate surface area is 282 Å². The molecule has 2 unspecified atom stereocenters. The molecule has 0 spiro atoms. The molecule has 3 fully saturated rings. The number of fused-ring (bicyclic) bond motifs is 1. The van der Waals surface area contributed by atoms with Crippen molar-refractivity contribution >= 4 is 35.2 Å². The number of hydrogen-bond acceptors (Lipinski definition) is 6. The van der Waals surface area contributed by atoms with Crippen molar-refractivity contribution in [1.82, 2.24) is 24.5 Å². The van der Waals surface area contributed by atoms with Crippen molar-refractivity contribution in [1.29, 1.82) is 0 Å². The molecule has 47 heavy (non-hydrogen) atoms. The number of nitrogens with zero attached hydrogens (tertiary/aromatic N) is 6. The van der Waals surface area contributed by atoms with Gasteiger partial charge in [0.05, 0.1) is 23.1 Å². The molecule has 0 bridgehead atoms. The Hall–Kier alpha value is -3.89. The summed E-state index contributed by atoms with van der Waals surface area (Å²) in [5.41, 5.74) is 5.33. The highest BCUT2D eigenvalue weighted by Gasteiger charge is 2.42. The summed E-state index contributed by atoms with van der Waals surface area (Å²) in [6.45, 7) is 13.4. The van der Waals surface area contributed by atoms with E-state index in [9.17, 15) is 14.4 Å². The third kappa shape index (κ3) is 7.33. The van der Waals surface area contributed by atoms with E-state index in [1.54, 1.807) is 22.9 Å². The fraction of sp³-hybridized carbons (Fsp3) is 0.500. The second-order valence-electron chi connectivity index (χ2n) is 13.4. The van der Waals surface area contributed by atoms with Crippen LogP contribution < -0.4 is 4.90 Å². The van der Waals surface area contributed by atoms with Crippen LogP contribution >= 0.6 is 11.6 Å². The molecule has 6 rings (SSSR count). The van der Waals surface area contributed by atoms with Gasteiger partial charge in [-0.1, -0.05) is 35.4 Å². The number of aryl methyl sites for hydroxylation is 2. The summed E-state index contributed by atoms with van der Waals surface area (Å²) in [7, 11) is 0. The Balaban J connectivity index is 1.02. The number of halogens is 1. The van der Waals surface area contributed by atoms with Gasteiger partial charge in [0.2, 0.25) is 5.91 Å². The van der Waals surface area contributed by atoms with Crippen molar-refractivity contribution in [3.63, 3.8) is 0 Å². The van der Waals surface area contributed by atoms with E-state index >= 15 is 0 Å². The Kier molecular flexibility index (Phi) is 9.89. The van der Waals surface area contributed by atoms with Gasteiger partial charge in [0, 0.05) is 76.3 Å². The van der Waals surface area contributed by atoms with Gasteiger partial charge in [-0.2, -0.15) is 5.10 Å². The summed E-state index contributed by atoms with van der Waals surface area (Å²) in [6, 6.07) is 13.8. The maximum atomic E-state index is 13.5. The summed E-state index contributed by atoms with van der Waals surface area (Å²) >= 11 is 6.45. The van der Waals surface area contributed by atoms with Gasteiger partial charge in [-0.15, -0.1) is 0 Å². The van der Waals surface area contributed by atoms with E-state index in [-0.39, 0.29) is 24.0 Å². The largest absolute Gasteiger partial charge is 0.446 e. The third-order valence-electron chi connectivity index (χ3n) is 10.1. The third-order valence-corrected chi connectivity index (χ3v) is 10.5. The fourth-order valence-electron chi connectivity index (χ4n) is 7.20. The average Bonchev–Trinajstić information content (AvgIpc) is 3.74. The van der Waals surface area contributed by atoms with Crippen molar-refractivity contribution in [2.24, 2.45) is 11.8 Å². The van der Waals surface area contributed by atoms with Crippen molar-refractivity contribution in [2.45, 2.75) is 53.1 Å². The minimum Gasteiger partial charge on any atom is -0.446 e. The van der Waals surface area contributed by atoms with Crippen LogP contribution in [-0.4, -0.2) is 101 Å². The highest BCUT2D eigenvalue weighted by atomic mass is 35.5. The molecule has 3 aliphatic rings. The lowest BCUT2D eigenvalue weighted by Gasteiger charge is -2.32. The van der Waals surface area contributed by atoms with Crippen molar-refractivity contribution in [3.8, 4) is 5.69 Å². The van der Waals surface area contributed by atoms with Gasteiger partial charge in [0.25, 0.3) is 5.91 Å². The Morgan fingerprint density at radius 1 is 0.936 bits per heavy atom. The van der Waals surface area contributed by atoms with Crippen LogP contribution in [0.5, 0.6) is 0 Å². The van der Waals surface area contributed by atoms with E-state index in [1.807, 2.05) is 53.8 Å². The first-order valence-corrected chi connectivity index (χ1v) is 17.1. The molecule has 3 aromatic rings. The number of anilines is 1. The number of aromatic nitrogens is 2. The first kappa shape index (κ1) is 33.0. The summed E-state index contributed by atoms with van der Waals surface area (Å²) < 4.78 is 7.79. The molecule has 10 nitrogen and oxygen atoms in total. The molecule has 1 aromatic heterocycles. The molecule has 0 N–H and O–H groups in total. The number of amides is 3. The normalized spacial score (nSPS) is 20.0. The van der Waals surface area contributed by atoms with Gasteiger partial charge < -0.3 is 19.4 Å². The number of carbonyl (C=O) groups excluding carboxylic acids is 3. The zero-order valence-electron chi connectivity index (χ0n) is 27.8. The number of hydrogen-bond donors (Lipinski definition) is 0. The quantitative estimate of drug-likeness (QED) is 0.317. The Morgan fingerprint density at radius 2 is 1.62 bits per heavy atom. The standard InChI is InChI=1S/C36H45ClN6O4/c1-24-6-9-30(10-7-24)43-26(3)33(19-38-43)35(45)41-22-28-20-39(21-29(28)23-41)14-5-15-42(31-11-8-25(2)34(37)18-31)36(46)47-32-12-16-40(17-13-32)27(4)44/h6-11,18-19,28-29,32H,5,12-17,20-23H2,1-4H3. The number of piperidine rings is 1. The lowest BCUT2D eigenvalue weighted by atomic mass is 10.0.